The molecule has 1 fully saturated rings. The molecule has 0 aromatic heterocycles. The van der Waals surface area contributed by atoms with Crippen molar-refractivity contribution in [3.8, 4) is 0 Å². The van der Waals surface area contributed by atoms with E-state index in [2.05, 4.69) is 5.32 Å². The highest BCUT2D eigenvalue weighted by atomic mass is 32.2. The van der Waals surface area contributed by atoms with Crippen LogP contribution in [0.1, 0.15) is 12.8 Å². The van der Waals surface area contributed by atoms with Crippen LogP contribution in [0, 0.1) is 5.41 Å². The van der Waals surface area contributed by atoms with Crippen LogP contribution in [0.2, 0.25) is 0 Å². The molecule has 0 amide bonds. The van der Waals surface area contributed by atoms with Gasteiger partial charge in [-0.3, -0.25) is 0 Å². The molecule has 0 saturated heterocycles. The number of nitrogens with two attached hydrogens (primary N) is 2. The molecule has 100 valence electrons. The summed E-state index contributed by atoms with van der Waals surface area (Å²) in [4.78, 5) is 0.0213. The number of aliphatic hydroxyl groups excluding tert-OH is 1. The third-order valence-electron chi connectivity index (χ3n) is 3.30. The van der Waals surface area contributed by atoms with Gasteiger partial charge in [-0.2, -0.15) is 0 Å². The number of rotatable bonds is 5. The Morgan fingerprint density at radius 3 is 2.56 bits per heavy atom. The Kier molecular flexibility index (Phi) is 3.22. The van der Waals surface area contributed by atoms with Gasteiger partial charge in [-0.1, -0.05) is 0 Å². The van der Waals surface area contributed by atoms with Gasteiger partial charge in [0.15, 0.2) is 0 Å². The zero-order valence-corrected chi connectivity index (χ0v) is 10.7. The molecule has 7 heteroatoms. The maximum absolute atomic E-state index is 11.2. The molecule has 6 nitrogen and oxygen atoms in total. The second kappa shape index (κ2) is 4.42. The van der Waals surface area contributed by atoms with E-state index in [1.807, 2.05) is 0 Å². The Morgan fingerprint density at radius 2 is 2.06 bits per heavy atom. The molecule has 0 unspecified atom stereocenters. The first-order chi connectivity index (χ1) is 8.36. The lowest BCUT2D eigenvalue weighted by Crippen LogP contribution is -2.20. The standard InChI is InChI=1S/C11H17N3O3S/c12-9-2-1-8(18(13,16)17)5-10(9)14-6-11(7-15)3-4-11/h1-2,5,14-15H,3-4,6-7,12H2,(H2,13,16,17). The van der Waals surface area contributed by atoms with E-state index in [9.17, 15) is 13.5 Å². The number of aliphatic hydroxyl groups is 1. The number of primary sulfonamides is 1. The van der Waals surface area contributed by atoms with Gasteiger partial charge in [0, 0.05) is 12.0 Å². The molecule has 0 bridgehead atoms. The molecule has 18 heavy (non-hydrogen) atoms. The summed E-state index contributed by atoms with van der Waals surface area (Å²) in [6.45, 7) is 0.691. The lowest BCUT2D eigenvalue weighted by molar-refractivity contribution is 0.220. The van der Waals surface area contributed by atoms with Crippen LogP contribution in [0.3, 0.4) is 0 Å². The van der Waals surface area contributed by atoms with Crippen molar-refractivity contribution in [2.75, 3.05) is 24.2 Å². The van der Waals surface area contributed by atoms with E-state index in [1.54, 1.807) is 0 Å². The lowest BCUT2D eigenvalue weighted by atomic mass is 10.1. The maximum Gasteiger partial charge on any atom is 0.238 e. The molecule has 0 aliphatic heterocycles. The average molecular weight is 271 g/mol. The van der Waals surface area contributed by atoms with Gasteiger partial charge in [-0.25, -0.2) is 13.6 Å². The van der Waals surface area contributed by atoms with E-state index < -0.39 is 10.0 Å². The van der Waals surface area contributed by atoms with Crippen molar-refractivity contribution in [1.82, 2.24) is 0 Å². The van der Waals surface area contributed by atoms with Gasteiger partial charge in [0.05, 0.1) is 22.9 Å². The van der Waals surface area contributed by atoms with Crippen molar-refractivity contribution in [2.45, 2.75) is 17.7 Å². The summed E-state index contributed by atoms with van der Waals surface area (Å²) in [6, 6.07) is 4.29. The number of hydrogen-bond acceptors (Lipinski definition) is 5. The van der Waals surface area contributed by atoms with E-state index in [0.717, 1.165) is 12.8 Å². The second-order valence-corrected chi connectivity index (χ2v) is 6.37. The highest BCUT2D eigenvalue weighted by molar-refractivity contribution is 7.89. The maximum atomic E-state index is 11.2. The van der Waals surface area contributed by atoms with Gasteiger partial charge >= 0.3 is 0 Å². The van der Waals surface area contributed by atoms with Gasteiger partial charge < -0.3 is 16.2 Å². The van der Waals surface area contributed by atoms with Crippen LogP contribution in [-0.4, -0.2) is 26.7 Å². The summed E-state index contributed by atoms with van der Waals surface area (Å²) in [7, 11) is -3.73. The number of sulfonamides is 1. The molecule has 0 spiro atoms. The predicted molar refractivity (Wildman–Crippen MR) is 69.5 cm³/mol. The second-order valence-electron chi connectivity index (χ2n) is 4.81. The van der Waals surface area contributed by atoms with Gasteiger partial charge in [-0.15, -0.1) is 0 Å². The van der Waals surface area contributed by atoms with Crippen molar-refractivity contribution in [3.63, 3.8) is 0 Å². The Balaban J connectivity index is 2.17. The summed E-state index contributed by atoms with van der Waals surface area (Å²) >= 11 is 0. The molecule has 0 atom stereocenters. The minimum atomic E-state index is -3.73. The fraction of sp³-hybridized carbons (Fsp3) is 0.455. The van der Waals surface area contributed by atoms with E-state index in [4.69, 9.17) is 10.9 Å². The monoisotopic (exact) mass is 271 g/mol. The van der Waals surface area contributed by atoms with Gasteiger partial charge in [-0.05, 0) is 31.0 Å². The zero-order chi connectivity index (χ0) is 13.4. The molecule has 1 aromatic carbocycles. The Bertz CT molecular complexity index is 553. The van der Waals surface area contributed by atoms with Gasteiger partial charge in [0.25, 0.3) is 0 Å². The molecule has 0 heterocycles. The molecule has 1 aliphatic rings. The summed E-state index contributed by atoms with van der Waals surface area (Å²) in [5.74, 6) is 0. The number of hydrogen-bond donors (Lipinski definition) is 4. The van der Waals surface area contributed by atoms with E-state index in [0.29, 0.717) is 17.9 Å². The van der Waals surface area contributed by atoms with Crippen LogP contribution in [0.4, 0.5) is 11.4 Å². The van der Waals surface area contributed by atoms with Crippen molar-refractivity contribution < 1.29 is 13.5 Å². The Morgan fingerprint density at radius 1 is 1.39 bits per heavy atom. The van der Waals surface area contributed by atoms with Crippen molar-refractivity contribution in [3.05, 3.63) is 18.2 Å². The van der Waals surface area contributed by atoms with Crippen LogP contribution in [0.15, 0.2) is 23.1 Å². The normalized spacial score (nSPS) is 17.4. The van der Waals surface area contributed by atoms with Crippen LogP contribution < -0.4 is 16.2 Å². The molecular weight excluding hydrogens is 254 g/mol. The van der Waals surface area contributed by atoms with Crippen LogP contribution in [0.5, 0.6) is 0 Å². The van der Waals surface area contributed by atoms with Gasteiger partial charge in [0.1, 0.15) is 0 Å². The quantitative estimate of drug-likeness (QED) is 0.566. The molecule has 1 aliphatic carbocycles. The Labute approximate surface area is 106 Å². The Hall–Kier alpha value is -1.31. The number of anilines is 2. The van der Waals surface area contributed by atoms with Gasteiger partial charge in [0.2, 0.25) is 10.0 Å². The zero-order valence-electron chi connectivity index (χ0n) is 9.89. The fourth-order valence-electron chi connectivity index (χ4n) is 1.72. The summed E-state index contributed by atoms with van der Waals surface area (Å²) < 4.78 is 22.5. The summed E-state index contributed by atoms with van der Waals surface area (Å²) in [5.41, 5.74) is 6.67. The third-order valence-corrected chi connectivity index (χ3v) is 4.21. The first-order valence-corrected chi connectivity index (χ1v) is 7.18. The molecule has 1 aromatic rings. The average Bonchev–Trinajstić information content (AvgIpc) is 3.07. The fourth-order valence-corrected chi connectivity index (χ4v) is 2.26. The number of nitrogens with one attached hydrogen (secondary N) is 1. The van der Waals surface area contributed by atoms with Crippen LogP contribution in [0.25, 0.3) is 0 Å². The molecule has 6 N–H and O–H groups in total. The van der Waals surface area contributed by atoms with E-state index in [-0.39, 0.29) is 16.9 Å². The highest BCUT2D eigenvalue weighted by Crippen LogP contribution is 2.45. The first-order valence-electron chi connectivity index (χ1n) is 5.63. The SMILES string of the molecule is Nc1ccc(S(N)(=O)=O)cc1NCC1(CO)CC1. The largest absolute Gasteiger partial charge is 0.397 e. The minimum absolute atomic E-state index is 0.0213. The summed E-state index contributed by atoms with van der Waals surface area (Å²) in [6.07, 6.45) is 1.93. The third kappa shape index (κ3) is 2.74. The van der Waals surface area contributed by atoms with Crippen LogP contribution >= 0.6 is 0 Å². The number of nitrogen functional groups attached to an aromatic ring is 1. The smallest absolute Gasteiger partial charge is 0.238 e. The van der Waals surface area contributed by atoms with E-state index in [1.165, 1.54) is 18.2 Å². The molecule has 0 radical (unpaired) electrons. The van der Waals surface area contributed by atoms with E-state index >= 15 is 0 Å². The van der Waals surface area contributed by atoms with Crippen LogP contribution in [-0.2, 0) is 10.0 Å². The first kappa shape index (κ1) is 13.1. The van der Waals surface area contributed by atoms with Crippen molar-refractivity contribution >= 4 is 21.4 Å². The topological polar surface area (TPSA) is 118 Å². The summed E-state index contributed by atoms with van der Waals surface area (Å²) in [5, 5.41) is 17.3. The molecular formula is C11H17N3O3S. The lowest BCUT2D eigenvalue weighted by Gasteiger charge is -2.15. The number of benzene rings is 1. The molecule has 2 rings (SSSR count). The minimum Gasteiger partial charge on any atom is -0.397 e. The van der Waals surface area contributed by atoms with Crippen molar-refractivity contribution in [1.29, 1.82) is 0 Å². The highest BCUT2D eigenvalue weighted by Gasteiger charge is 2.41. The predicted octanol–water partition coefficient (Wildman–Crippen LogP) is 0.101. The van der Waals surface area contributed by atoms with Crippen molar-refractivity contribution in [2.24, 2.45) is 10.6 Å². The molecule has 1 saturated carbocycles.